The van der Waals surface area contributed by atoms with E-state index in [0.717, 1.165) is 11.6 Å². The molecule has 2 aliphatic rings. The highest BCUT2D eigenvalue weighted by molar-refractivity contribution is 8.15. The number of hydrazone groups is 1. The normalized spacial score (nSPS) is 23.6. The molecule has 2 heterocycles. The Morgan fingerprint density at radius 2 is 1.85 bits per heavy atom. The fourth-order valence-corrected chi connectivity index (χ4v) is 4.20. The number of nitrogens with zero attached hydrogens (tertiary/aromatic N) is 2. The second kappa shape index (κ2) is 4.28. The van der Waals surface area contributed by atoms with Crippen molar-refractivity contribution in [3.8, 4) is 0 Å². The van der Waals surface area contributed by atoms with Gasteiger partial charge in [-0.05, 0) is 6.07 Å². The average molecular weight is 281 g/mol. The van der Waals surface area contributed by atoms with E-state index >= 15 is 0 Å². The Morgan fingerprint density at radius 3 is 2.70 bits per heavy atom. The van der Waals surface area contributed by atoms with Gasteiger partial charge in [0.2, 0.25) is 0 Å². The molecule has 100 valence electrons. The lowest BCUT2D eigenvalue weighted by Gasteiger charge is -2.23. The summed E-state index contributed by atoms with van der Waals surface area (Å²) in [6.45, 7) is 0.927. The molecule has 0 aliphatic carbocycles. The molecule has 4 heteroatoms. The van der Waals surface area contributed by atoms with Gasteiger partial charge in [0.05, 0.1) is 6.54 Å². The van der Waals surface area contributed by atoms with Crippen LogP contribution in [0.5, 0.6) is 0 Å². The maximum atomic E-state index is 4.58. The van der Waals surface area contributed by atoms with Crippen LogP contribution < -0.4 is 10.3 Å². The number of rotatable bonds is 1. The predicted octanol–water partition coefficient (Wildman–Crippen LogP) is 2.99. The molecule has 3 nitrogen and oxygen atoms in total. The molecule has 0 aromatic heterocycles. The second-order valence-electron chi connectivity index (χ2n) is 5.20. The Hall–Kier alpha value is -1.94. The minimum absolute atomic E-state index is 0.142. The van der Waals surface area contributed by atoms with Gasteiger partial charge in [0.25, 0.3) is 0 Å². The molecule has 1 atom stereocenters. The smallest absolute Gasteiger partial charge is 0.150 e. The van der Waals surface area contributed by atoms with Gasteiger partial charge in [0, 0.05) is 23.9 Å². The van der Waals surface area contributed by atoms with E-state index in [9.17, 15) is 0 Å². The first-order valence-corrected chi connectivity index (χ1v) is 7.50. The van der Waals surface area contributed by atoms with E-state index in [0.29, 0.717) is 0 Å². The first kappa shape index (κ1) is 11.9. The van der Waals surface area contributed by atoms with Crippen LogP contribution in [0.15, 0.2) is 59.7 Å². The van der Waals surface area contributed by atoms with Crippen molar-refractivity contribution in [3.63, 3.8) is 0 Å². The number of anilines is 1. The Balaban J connectivity index is 1.71. The summed E-state index contributed by atoms with van der Waals surface area (Å²) in [5, 5.41) is 5.64. The van der Waals surface area contributed by atoms with Crippen molar-refractivity contribution in [1.29, 1.82) is 0 Å². The molecule has 1 N–H and O–H groups in total. The van der Waals surface area contributed by atoms with Gasteiger partial charge < -0.3 is 4.90 Å². The number of para-hydroxylation sites is 1. The number of benzene rings is 2. The molecule has 2 aromatic rings. The summed E-state index contributed by atoms with van der Waals surface area (Å²) in [5.74, 6) is 0. The summed E-state index contributed by atoms with van der Waals surface area (Å²) in [7, 11) is 2.14. The summed E-state index contributed by atoms with van der Waals surface area (Å²) in [5.41, 5.74) is 7.16. The van der Waals surface area contributed by atoms with Crippen LogP contribution in [-0.4, -0.2) is 18.6 Å². The van der Waals surface area contributed by atoms with Crippen LogP contribution in [-0.2, 0) is 4.87 Å². The molecular weight excluding hydrogens is 266 g/mol. The molecule has 0 bridgehead atoms. The highest BCUT2D eigenvalue weighted by Gasteiger charge is 2.46. The third kappa shape index (κ3) is 1.64. The highest BCUT2D eigenvalue weighted by Crippen LogP contribution is 2.48. The molecule has 0 saturated carbocycles. The number of hydrogen-bond donors (Lipinski definition) is 1. The maximum Gasteiger partial charge on any atom is 0.150 e. The highest BCUT2D eigenvalue weighted by atomic mass is 32.2. The average Bonchev–Trinajstić information content (AvgIpc) is 3.04. The second-order valence-corrected chi connectivity index (χ2v) is 6.48. The van der Waals surface area contributed by atoms with E-state index in [1.807, 2.05) is 17.8 Å². The van der Waals surface area contributed by atoms with Gasteiger partial charge in [-0.25, -0.2) is 0 Å². The van der Waals surface area contributed by atoms with Crippen LogP contribution in [0.2, 0.25) is 0 Å². The van der Waals surface area contributed by atoms with Gasteiger partial charge in [-0.3, -0.25) is 5.43 Å². The third-order valence-corrected chi connectivity index (χ3v) is 5.15. The van der Waals surface area contributed by atoms with E-state index in [-0.39, 0.29) is 4.87 Å². The van der Waals surface area contributed by atoms with Crippen molar-refractivity contribution in [2.24, 2.45) is 5.10 Å². The molecule has 2 aromatic carbocycles. The van der Waals surface area contributed by atoms with Crippen LogP contribution in [0.1, 0.15) is 11.1 Å². The summed E-state index contributed by atoms with van der Waals surface area (Å²) in [6.07, 6.45) is 0. The Bertz CT molecular complexity index is 683. The Kier molecular flexibility index (Phi) is 2.54. The molecule has 0 fully saturated rings. The zero-order valence-corrected chi connectivity index (χ0v) is 12.0. The van der Waals surface area contributed by atoms with Crippen molar-refractivity contribution < 1.29 is 0 Å². The minimum Gasteiger partial charge on any atom is -0.371 e. The standard InChI is InChI=1S/C16H15N3S/c1-19-11-16(13-9-5-6-10-14(13)19)18-17-15(20-16)12-7-3-2-4-8-12/h2-10,18H,11H2,1H3/t16-/m0/s1. The SMILES string of the molecule is CN1C[C@@]2(NN=C(c3ccccc3)S2)c2ccccc21. The van der Waals surface area contributed by atoms with Gasteiger partial charge in [-0.1, -0.05) is 60.3 Å². The van der Waals surface area contributed by atoms with Crippen LogP contribution in [0.25, 0.3) is 0 Å². The van der Waals surface area contributed by atoms with Gasteiger partial charge in [0.1, 0.15) is 5.04 Å². The van der Waals surface area contributed by atoms with Crippen molar-refractivity contribution in [2.45, 2.75) is 4.87 Å². The number of hydrogen-bond acceptors (Lipinski definition) is 4. The van der Waals surface area contributed by atoms with Gasteiger partial charge in [-0.15, -0.1) is 0 Å². The van der Waals surface area contributed by atoms with Crippen molar-refractivity contribution in [3.05, 3.63) is 65.7 Å². The number of likely N-dealkylation sites (N-methyl/N-ethyl adjacent to an activating group) is 1. The number of nitrogens with one attached hydrogen (secondary N) is 1. The molecule has 0 amide bonds. The molecule has 0 unspecified atom stereocenters. The monoisotopic (exact) mass is 281 g/mol. The fourth-order valence-electron chi connectivity index (χ4n) is 2.89. The molecule has 0 saturated heterocycles. The minimum atomic E-state index is -0.142. The molecule has 0 radical (unpaired) electrons. The van der Waals surface area contributed by atoms with Crippen molar-refractivity contribution in [2.75, 3.05) is 18.5 Å². The molecule has 1 spiro atoms. The zero-order chi connectivity index (χ0) is 13.6. The van der Waals surface area contributed by atoms with Gasteiger partial charge in [-0.2, -0.15) is 5.10 Å². The van der Waals surface area contributed by atoms with E-state index in [4.69, 9.17) is 0 Å². The lowest BCUT2D eigenvalue weighted by Crippen LogP contribution is -2.37. The molecule has 2 aliphatic heterocycles. The van der Waals surface area contributed by atoms with Crippen LogP contribution in [0.3, 0.4) is 0 Å². The lowest BCUT2D eigenvalue weighted by molar-refractivity contribution is 0.543. The Morgan fingerprint density at radius 1 is 1.10 bits per heavy atom. The number of fused-ring (bicyclic) bond motifs is 2. The van der Waals surface area contributed by atoms with E-state index < -0.39 is 0 Å². The quantitative estimate of drug-likeness (QED) is 0.871. The fraction of sp³-hybridized carbons (Fsp3) is 0.188. The first-order chi connectivity index (χ1) is 9.78. The van der Waals surface area contributed by atoms with Crippen molar-refractivity contribution in [1.82, 2.24) is 5.43 Å². The van der Waals surface area contributed by atoms with E-state index in [1.54, 1.807) is 0 Å². The predicted molar refractivity (Wildman–Crippen MR) is 85.1 cm³/mol. The summed E-state index contributed by atoms with van der Waals surface area (Å²) < 4.78 is 0. The van der Waals surface area contributed by atoms with E-state index in [1.165, 1.54) is 16.8 Å². The topological polar surface area (TPSA) is 27.6 Å². The summed E-state index contributed by atoms with van der Waals surface area (Å²) in [4.78, 5) is 2.15. The molecule has 4 rings (SSSR count). The van der Waals surface area contributed by atoms with Crippen LogP contribution >= 0.6 is 11.8 Å². The van der Waals surface area contributed by atoms with Gasteiger partial charge >= 0.3 is 0 Å². The largest absolute Gasteiger partial charge is 0.371 e. The Labute approximate surface area is 122 Å². The zero-order valence-electron chi connectivity index (χ0n) is 11.2. The third-order valence-electron chi connectivity index (χ3n) is 3.84. The van der Waals surface area contributed by atoms with E-state index in [2.05, 4.69) is 71.0 Å². The van der Waals surface area contributed by atoms with Crippen molar-refractivity contribution >= 4 is 22.5 Å². The molecular formula is C16H15N3S. The molecule has 20 heavy (non-hydrogen) atoms. The lowest BCUT2D eigenvalue weighted by atomic mass is 10.1. The summed E-state index contributed by atoms with van der Waals surface area (Å²) in [6, 6.07) is 18.9. The van der Waals surface area contributed by atoms with Crippen LogP contribution in [0, 0.1) is 0 Å². The summed E-state index contributed by atoms with van der Waals surface area (Å²) >= 11 is 1.82. The maximum absolute atomic E-state index is 4.58. The van der Waals surface area contributed by atoms with Gasteiger partial charge in [0.15, 0.2) is 4.87 Å². The first-order valence-electron chi connectivity index (χ1n) is 6.68. The number of thioether (sulfide) groups is 1. The van der Waals surface area contributed by atoms with Crippen LogP contribution in [0.4, 0.5) is 5.69 Å².